The molecule has 1 atom stereocenters. The third-order valence-corrected chi connectivity index (χ3v) is 6.98. The fourth-order valence-corrected chi connectivity index (χ4v) is 5.99. The molecule has 4 bridgehead atoms. The lowest BCUT2D eigenvalue weighted by atomic mass is 9.54. The highest BCUT2D eigenvalue weighted by Crippen LogP contribution is 2.53. The minimum Gasteiger partial charge on any atom is -0.385 e. The van der Waals surface area contributed by atoms with Gasteiger partial charge in [-0.15, -0.1) is 0 Å². The van der Waals surface area contributed by atoms with Crippen LogP contribution in [0.1, 0.15) is 32.1 Å². The SMILES string of the molecule is NC1=NN(c2ccccc2)C(=O)C1C(=O)C(=O)NC1C2CC3CC(C2)CC1C3. The summed E-state index contributed by atoms with van der Waals surface area (Å²) < 4.78 is 0. The smallest absolute Gasteiger partial charge is 0.288 e. The molecule has 6 rings (SSSR count). The predicted molar refractivity (Wildman–Crippen MR) is 103 cm³/mol. The van der Waals surface area contributed by atoms with Crippen LogP contribution < -0.4 is 16.1 Å². The van der Waals surface area contributed by atoms with Gasteiger partial charge in [0.25, 0.3) is 11.8 Å². The van der Waals surface area contributed by atoms with Gasteiger partial charge in [0.2, 0.25) is 5.78 Å². The molecule has 1 aromatic carbocycles. The summed E-state index contributed by atoms with van der Waals surface area (Å²) in [7, 11) is 0. The number of rotatable bonds is 4. The highest BCUT2D eigenvalue weighted by molar-refractivity contribution is 6.47. The van der Waals surface area contributed by atoms with Crippen LogP contribution in [-0.4, -0.2) is 29.5 Å². The van der Waals surface area contributed by atoms with E-state index in [4.69, 9.17) is 5.73 Å². The van der Waals surface area contributed by atoms with Crippen molar-refractivity contribution < 1.29 is 14.4 Å². The first-order chi connectivity index (χ1) is 13.5. The number of carbonyl (C=O) groups excluding carboxylic acids is 3. The van der Waals surface area contributed by atoms with Crippen LogP contribution >= 0.6 is 0 Å². The van der Waals surface area contributed by atoms with Gasteiger partial charge in [0.15, 0.2) is 5.92 Å². The third kappa shape index (κ3) is 2.72. The van der Waals surface area contributed by atoms with E-state index in [1.165, 1.54) is 6.42 Å². The third-order valence-electron chi connectivity index (χ3n) is 6.98. The van der Waals surface area contributed by atoms with Crippen molar-refractivity contribution in [3.05, 3.63) is 30.3 Å². The van der Waals surface area contributed by atoms with Crippen molar-refractivity contribution in [3.8, 4) is 0 Å². The van der Waals surface area contributed by atoms with Gasteiger partial charge >= 0.3 is 0 Å². The molecule has 1 heterocycles. The first kappa shape index (κ1) is 17.4. The molecule has 2 amide bonds. The van der Waals surface area contributed by atoms with Crippen molar-refractivity contribution in [2.75, 3.05) is 5.01 Å². The highest BCUT2D eigenvalue weighted by Gasteiger charge is 2.50. The average molecular weight is 380 g/mol. The number of hydrogen-bond acceptors (Lipinski definition) is 5. The summed E-state index contributed by atoms with van der Waals surface area (Å²) in [5.41, 5.74) is 6.39. The zero-order valence-electron chi connectivity index (χ0n) is 15.6. The van der Waals surface area contributed by atoms with Crippen LogP contribution in [0.2, 0.25) is 0 Å². The summed E-state index contributed by atoms with van der Waals surface area (Å²) in [6.07, 6.45) is 5.88. The Morgan fingerprint density at radius 1 is 1.00 bits per heavy atom. The van der Waals surface area contributed by atoms with E-state index in [-0.39, 0.29) is 11.9 Å². The minimum atomic E-state index is -1.34. The molecule has 4 fully saturated rings. The maximum atomic E-state index is 12.8. The number of anilines is 1. The van der Waals surface area contributed by atoms with Crippen LogP contribution in [0, 0.1) is 29.6 Å². The standard InChI is InChI=1S/C21H24N4O3/c22-19-16(21(28)25(24-19)15-4-2-1-3-5-15)18(26)20(27)23-17-13-7-11-6-12(9-13)10-14(17)8-11/h1-5,11-14,16-17H,6-10H2,(H2,22,24)(H,23,27). The summed E-state index contributed by atoms with van der Waals surface area (Å²) in [6.45, 7) is 0. The highest BCUT2D eigenvalue weighted by atomic mass is 16.2. The second-order valence-corrected chi connectivity index (χ2v) is 8.74. The molecule has 0 spiro atoms. The average Bonchev–Trinajstić information content (AvgIpc) is 2.98. The van der Waals surface area contributed by atoms with Crippen molar-refractivity contribution in [2.45, 2.75) is 38.1 Å². The van der Waals surface area contributed by atoms with Gasteiger partial charge < -0.3 is 11.1 Å². The maximum Gasteiger partial charge on any atom is 0.288 e. The lowest BCUT2D eigenvalue weighted by molar-refractivity contribution is -0.143. The molecule has 5 aliphatic rings. The Balaban J connectivity index is 1.29. The number of nitrogens with two attached hydrogens (primary N) is 1. The van der Waals surface area contributed by atoms with Crippen molar-refractivity contribution >= 4 is 29.1 Å². The zero-order chi connectivity index (χ0) is 19.4. The second-order valence-electron chi connectivity index (χ2n) is 8.74. The van der Waals surface area contributed by atoms with Crippen LogP contribution in [0.4, 0.5) is 5.69 Å². The number of hydrazone groups is 1. The van der Waals surface area contributed by atoms with Gasteiger partial charge in [-0.25, -0.2) is 0 Å². The van der Waals surface area contributed by atoms with Gasteiger partial charge in [0.1, 0.15) is 5.84 Å². The maximum absolute atomic E-state index is 12.8. The molecule has 3 N–H and O–H groups in total. The number of nitrogens with zero attached hydrogens (tertiary/aromatic N) is 2. The Morgan fingerprint density at radius 3 is 2.21 bits per heavy atom. The van der Waals surface area contributed by atoms with Crippen LogP contribution in [0.15, 0.2) is 35.4 Å². The number of benzene rings is 1. The van der Waals surface area contributed by atoms with Crippen LogP contribution in [0.25, 0.3) is 0 Å². The Bertz CT molecular complexity index is 838. The van der Waals surface area contributed by atoms with Crippen LogP contribution in [0.5, 0.6) is 0 Å². The summed E-state index contributed by atoms with van der Waals surface area (Å²) in [4.78, 5) is 38.2. The number of para-hydroxylation sites is 1. The largest absolute Gasteiger partial charge is 0.385 e. The van der Waals surface area contributed by atoms with Gasteiger partial charge in [-0.05, 0) is 67.9 Å². The fourth-order valence-electron chi connectivity index (χ4n) is 5.99. The Labute approximate surface area is 163 Å². The van der Waals surface area contributed by atoms with Crippen LogP contribution in [0.3, 0.4) is 0 Å². The quantitative estimate of drug-likeness (QED) is 0.609. The van der Waals surface area contributed by atoms with Crippen molar-refractivity contribution in [1.29, 1.82) is 0 Å². The van der Waals surface area contributed by atoms with Gasteiger partial charge in [0.05, 0.1) is 5.69 Å². The molecule has 1 aliphatic heterocycles. The number of nitrogens with one attached hydrogen (secondary N) is 1. The number of carbonyl (C=O) groups is 3. The van der Waals surface area contributed by atoms with Gasteiger partial charge in [0, 0.05) is 6.04 Å². The minimum absolute atomic E-state index is 0.0455. The summed E-state index contributed by atoms with van der Waals surface area (Å²) in [6, 6.07) is 8.81. The summed E-state index contributed by atoms with van der Waals surface area (Å²) >= 11 is 0. The Kier molecular flexibility index (Phi) is 4.00. The molecule has 1 aromatic rings. The monoisotopic (exact) mass is 380 g/mol. The first-order valence-electron chi connectivity index (χ1n) is 10.1. The molecular formula is C21H24N4O3. The molecule has 4 saturated carbocycles. The molecule has 146 valence electrons. The van der Waals surface area contributed by atoms with E-state index in [1.54, 1.807) is 24.3 Å². The number of amides is 2. The molecule has 7 heteroatoms. The van der Waals surface area contributed by atoms with E-state index in [0.29, 0.717) is 17.5 Å². The fraction of sp³-hybridized carbons (Fsp3) is 0.524. The number of amidine groups is 1. The molecule has 28 heavy (non-hydrogen) atoms. The Morgan fingerprint density at radius 2 is 1.61 bits per heavy atom. The lowest BCUT2D eigenvalue weighted by Crippen LogP contribution is -2.57. The summed E-state index contributed by atoms with van der Waals surface area (Å²) in [5, 5.41) is 8.09. The van der Waals surface area contributed by atoms with Gasteiger partial charge in [-0.3, -0.25) is 14.4 Å². The van der Waals surface area contributed by atoms with Crippen molar-refractivity contribution in [2.24, 2.45) is 40.4 Å². The lowest BCUT2D eigenvalue weighted by Gasteiger charge is -2.54. The zero-order valence-corrected chi connectivity index (χ0v) is 15.6. The molecule has 0 aromatic heterocycles. The second kappa shape index (κ2) is 6.43. The molecule has 1 unspecified atom stereocenters. The van der Waals surface area contributed by atoms with E-state index in [1.807, 2.05) is 6.07 Å². The summed E-state index contributed by atoms with van der Waals surface area (Å²) in [5.74, 6) is -1.07. The van der Waals surface area contributed by atoms with E-state index in [0.717, 1.165) is 42.5 Å². The molecule has 0 radical (unpaired) electrons. The number of hydrogen-bond donors (Lipinski definition) is 2. The molecular weight excluding hydrogens is 356 g/mol. The van der Waals surface area contributed by atoms with Crippen LogP contribution in [-0.2, 0) is 14.4 Å². The van der Waals surface area contributed by atoms with Crippen molar-refractivity contribution in [3.63, 3.8) is 0 Å². The van der Waals surface area contributed by atoms with Gasteiger partial charge in [-0.2, -0.15) is 10.1 Å². The molecule has 0 saturated heterocycles. The Hall–Kier alpha value is -2.70. The van der Waals surface area contributed by atoms with E-state index in [9.17, 15) is 14.4 Å². The first-order valence-corrected chi connectivity index (χ1v) is 10.1. The number of ketones is 1. The van der Waals surface area contributed by atoms with E-state index >= 15 is 0 Å². The van der Waals surface area contributed by atoms with E-state index < -0.39 is 23.5 Å². The topological polar surface area (TPSA) is 105 Å². The van der Waals surface area contributed by atoms with E-state index in [2.05, 4.69) is 10.4 Å². The molecule has 7 nitrogen and oxygen atoms in total. The molecule has 4 aliphatic carbocycles. The van der Waals surface area contributed by atoms with Gasteiger partial charge in [-0.1, -0.05) is 18.2 Å². The van der Waals surface area contributed by atoms with Crippen molar-refractivity contribution in [1.82, 2.24) is 5.32 Å². The number of Topliss-reactive ketones (excluding diaryl/α,β-unsaturated/α-hetero) is 1. The predicted octanol–water partition coefficient (Wildman–Crippen LogP) is 1.43. The normalized spacial score (nSPS) is 35.8.